The van der Waals surface area contributed by atoms with Gasteiger partial charge in [-0.1, -0.05) is 19.9 Å². The maximum atomic E-state index is 15.5. The lowest BCUT2D eigenvalue weighted by atomic mass is 10.0. The molecule has 0 aliphatic rings. The Morgan fingerprint density at radius 1 is 1.22 bits per heavy atom. The van der Waals surface area contributed by atoms with E-state index in [4.69, 9.17) is 4.74 Å². The maximum Gasteiger partial charge on any atom is 0.273 e. The average Bonchev–Trinajstić information content (AvgIpc) is 2.85. The van der Waals surface area contributed by atoms with Crippen LogP contribution in [0.1, 0.15) is 48.3 Å². The second-order valence-electron chi connectivity index (χ2n) is 8.75. The van der Waals surface area contributed by atoms with Gasteiger partial charge in [-0.15, -0.1) is 0 Å². The van der Waals surface area contributed by atoms with E-state index in [9.17, 15) is 19.1 Å². The first-order chi connectivity index (χ1) is 17.6. The van der Waals surface area contributed by atoms with E-state index in [1.165, 1.54) is 19.2 Å². The topological polar surface area (TPSA) is 106 Å². The molecule has 4 aromatic rings. The molecule has 192 valence electrons. The van der Waals surface area contributed by atoms with Crippen molar-refractivity contribution < 1.29 is 23.4 Å². The summed E-state index contributed by atoms with van der Waals surface area (Å²) in [6, 6.07) is 6.61. The Bertz CT molecular complexity index is 1600. The molecule has 0 spiro atoms. The third-order valence-corrected chi connectivity index (χ3v) is 6.00. The highest BCUT2D eigenvalue weighted by molar-refractivity contribution is 6.02. The number of pyridine rings is 3. The Morgan fingerprint density at radius 3 is 2.59 bits per heavy atom. The summed E-state index contributed by atoms with van der Waals surface area (Å²) in [5.74, 6) is -3.44. The normalized spacial score (nSPS) is 11.2. The zero-order chi connectivity index (χ0) is 27.0. The SMILES string of the molecule is CCNC(=O)c1c(O)c2cc(F)c(-c3c(F)cccc3OC)nc2n(-c2c(C)ccnc2C(C)C)c1=O. The lowest BCUT2D eigenvalue weighted by Crippen LogP contribution is -2.34. The summed E-state index contributed by atoms with van der Waals surface area (Å²) in [5, 5.41) is 13.3. The highest BCUT2D eigenvalue weighted by Gasteiger charge is 2.28. The minimum Gasteiger partial charge on any atom is -0.506 e. The van der Waals surface area contributed by atoms with Gasteiger partial charge in [-0.2, -0.15) is 0 Å². The fraction of sp³-hybridized carbons (Fsp3) is 0.259. The van der Waals surface area contributed by atoms with Gasteiger partial charge in [0.05, 0.1) is 29.4 Å². The molecule has 0 aliphatic heterocycles. The number of amides is 1. The summed E-state index contributed by atoms with van der Waals surface area (Å²) < 4.78 is 36.8. The van der Waals surface area contributed by atoms with E-state index in [0.717, 1.165) is 16.7 Å². The molecule has 10 heteroatoms. The Kier molecular flexibility index (Phi) is 6.93. The Morgan fingerprint density at radius 2 is 1.95 bits per heavy atom. The minimum absolute atomic E-state index is 0.0308. The van der Waals surface area contributed by atoms with Crippen molar-refractivity contribution in [1.29, 1.82) is 0 Å². The van der Waals surface area contributed by atoms with E-state index in [-0.39, 0.29) is 34.8 Å². The number of carbonyl (C=O) groups is 1. The van der Waals surface area contributed by atoms with E-state index in [1.54, 1.807) is 26.1 Å². The number of fused-ring (bicyclic) bond motifs is 1. The fourth-order valence-electron chi connectivity index (χ4n) is 4.29. The predicted octanol–water partition coefficient (Wildman–Crippen LogP) is 4.62. The van der Waals surface area contributed by atoms with Crippen molar-refractivity contribution in [3.63, 3.8) is 0 Å². The second-order valence-corrected chi connectivity index (χ2v) is 8.75. The number of rotatable bonds is 6. The van der Waals surface area contributed by atoms with Gasteiger partial charge in [0.15, 0.2) is 11.5 Å². The van der Waals surface area contributed by atoms with Gasteiger partial charge in [0, 0.05) is 12.7 Å². The summed E-state index contributed by atoms with van der Waals surface area (Å²) >= 11 is 0. The molecule has 0 fully saturated rings. The molecule has 37 heavy (non-hydrogen) atoms. The summed E-state index contributed by atoms with van der Waals surface area (Å²) in [6.07, 6.45) is 1.59. The molecular weight excluding hydrogens is 482 g/mol. The van der Waals surface area contributed by atoms with Gasteiger partial charge in [0.25, 0.3) is 11.5 Å². The number of methoxy groups -OCH3 is 1. The van der Waals surface area contributed by atoms with E-state index in [2.05, 4.69) is 15.3 Å². The van der Waals surface area contributed by atoms with E-state index in [0.29, 0.717) is 16.9 Å². The molecule has 3 aromatic heterocycles. The zero-order valence-corrected chi connectivity index (χ0v) is 21.0. The number of hydrogen-bond donors (Lipinski definition) is 2. The van der Waals surface area contributed by atoms with Crippen molar-refractivity contribution in [2.24, 2.45) is 0 Å². The summed E-state index contributed by atoms with van der Waals surface area (Å²) in [7, 11) is 1.31. The number of carbonyl (C=O) groups excluding carboxylic acids is 1. The number of hydrogen-bond acceptors (Lipinski definition) is 6. The van der Waals surface area contributed by atoms with Crippen LogP contribution in [0.25, 0.3) is 28.0 Å². The van der Waals surface area contributed by atoms with Crippen LogP contribution in [0, 0.1) is 18.6 Å². The van der Waals surface area contributed by atoms with E-state index < -0.39 is 40.1 Å². The molecule has 0 atom stereocenters. The van der Waals surface area contributed by atoms with Gasteiger partial charge in [-0.05, 0) is 49.6 Å². The summed E-state index contributed by atoms with van der Waals surface area (Å²) in [6.45, 7) is 7.37. The van der Waals surface area contributed by atoms with Gasteiger partial charge in [-0.25, -0.2) is 13.8 Å². The van der Waals surface area contributed by atoms with Crippen molar-refractivity contribution in [2.45, 2.75) is 33.6 Å². The molecule has 2 N–H and O–H groups in total. The Balaban J connectivity index is 2.25. The third kappa shape index (κ3) is 4.28. The lowest BCUT2D eigenvalue weighted by Gasteiger charge is -2.20. The van der Waals surface area contributed by atoms with Gasteiger partial charge in [0.2, 0.25) is 0 Å². The number of aromatic hydroxyl groups is 1. The second kappa shape index (κ2) is 9.96. The number of aromatic nitrogens is 3. The largest absolute Gasteiger partial charge is 0.506 e. The first-order valence-electron chi connectivity index (χ1n) is 11.7. The molecule has 0 bridgehead atoms. The number of halogens is 2. The number of benzene rings is 1. The molecule has 1 amide bonds. The molecule has 0 saturated heterocycles. The van der Waals surface area contributed by atoms with Crippen LogP contribution in [-0.2, 0) is 0 Å². The first-order valence-corrected chi connectivity index (χ1v) is 11.7. The first kappa shape index (κ1) is 25.7. The number of nitrogens with zero attached hydrogens (tertiary/aromatic N) is 3. The van der Waals surface area contributed by atoms with Crippen LogP contribution in [0.4, 0.5) is 8.78 Å². The van der Waals surface area contributed by atoms with Gasteiger partial charge < -0.3 is 15.2 Å². The average molecular weight is 509 g/mol. The molecule has 4 rings (SSSR count). The molecule has 1 aromatic carbocycles. The quantitative estimate of drug-likeness (QED) is 0.394. The Hall–Kier alpha value is -4.34. The smallest absolute Gasteiger partial charge is 0.273 e. The predicted molar refractivity (Wildman–Crippen MR) is 136 cm³/mol. The van der Waals surface area contributed by atoms with Crippen LogP contribution in [0.5, 0.6) is 11.5 Å². The van der Waals surface area contributed by atoms with Crippen LogP contribution in [0.3, 0.4) is 0 Å². The van der Waals surface area contributed by atoms with E-state index in [1.807, 2.05) is 13.8 Å². The van der Waals surface area contributed by atoms with Gasteiger partial charge in [-0.3, -0.25) is 19.1 Å². The highest BCUT2D eigenvalue weighted by Crippen LogP contribution is 2.37. The van der Waals surface area contributed by atoms with Crippen LogP contribution in [0.15, 0.2) is 41.3 Å². The van der Waals surface area contributed by atoms with Crippen molar-refractivity contribution in [2.75, 3.05) is 13.7 Å². The van der Waals surface area contributed by atoms with Gasteiger partial charge in [0.1, 0.15) is 28.6 Å². The molecule has 3 heterocycles. The lowest BCUT2D eigenvalue weighted by molar-refractivity contribution is 0.0951. The highest BCUT2D eigenvalue weighted by atomic mass is 19.1. The monoisotopic (exact) mass is 508 g/mol. The van der Waals surface area contributed by atoms with E-state index >= 15 is 4.39 Å². The summed E-state index contributed by atoms with van der Waals surface area (Å²) in [4.78, 5) is 35.5. The molecule has 0 radical (unpaired) electrons. The van der Waals surface area contributed by atoms with Crippen molar-refractivity contribution >= 4 is 16.9 Å². The molecule has 0 saturated carbocycles. The maximum absolute atomic E-state index is 15.5. The van der Waals surface area contributed by atoms with Crippen LogP contribution in [-0.4, -0.2) is 39.2 Å². The van der Waals surface area contributed by atoms with Crippen molar-refractivity contribution in [3.8, 4) is 28.4 Å². The van der Waals surface area contributed by atoms with Crippen molar-refractivity contribution in [1.82, 2.24) is 19.9 Å². The zero-order valence-electron chi connectivity index (χ0n) is 21.0. The van der Waals surface area contributed by atoms with Crippen molar-refractivity contribution in [3.05, 3.63) is 75.3 Å². The number of nitrogens with one attached hydrogen (secondary N) is 1. The minimum atomic E-state index is -0.981. The van der Waals surface area contributed by atoms with Crippen LogP contribution in [0.2, 0.25) is 0 Å². The van der Waals surface area contributed by atoms with Crippen LogP contribution < -0.4 is 15.6 Å². The number of aryl methyl sites for hydroxylation is 1. The fourth-order valence-corrected chi connectivity index (χ4v) is 4.29. The molecule has 0 unspecified atom stereocenters. The van der Waals surface area contributed by atoms with Gasteiger partial charge >= 0.3 is 0 Å². The number of ether oxygens (including phenoxy) is 1. The van der Waals surface area contributed by atoms with Crippen LogP contribution >= 0.6 is 0 Å². The summed E-state index contributed by atoms with van der Waals surface area (Å²) in [5.41, 5.74) is -0.794. The molecular formula is C27H26F2N4O4. The molecule has 0 aliphatic carbocycles. The molecule has 8 nitrogen and oxygen atoms in total. The Labute approximate surface area is 211 Å². The third-order valence-electron chi connectivity index (χ3n) is 6.00. The standard InChI is InChI=1S/C27H26F2N4O4/c1-6-30-26(35)20-24(34)15-12-17(29)22(19-16(28)8-7-9-18(19)37-5)32-25(15)33(27(20)36)23-14(4)10-11-31-21(23)13(2)3/h7-13,34H,6H2,1-5H3,(H,30,35).